The molecule has 0 fully saturated rings. The van der Waals surface area contributed by atoms with Crippen LogP contribution in [0.5, 0.6) is 0 Å². The fourth-order valence-electron chi connectivity index (χ4n) is 1.16. The zero-order valence-electron chi connectivity index (χ0n) is 8.32. The second-order valence-corrected chi connectivity index (χ2v) is 3.15. The Morgan fingerprint density at radius 2 is 2.50 bits per heavy atom. The van der Waals surface area contributed by atoms with Gasteiger partial charge in [-0.3, -0.25) is 5.41 Å². The number of nitrogens with one attached hydrogen (secondary N) is 1. The monoisotopic (exact) mass is 196 g/mol. The van der Waals surface area contributed by atoms with Crippen LogP contribution in [0.25, 0.3) is 0 Å². The summed E-state index contributed by atoms with van der Waals surface area (Å²) in [5, 5.41) is 7.16. The number of ether oxygens (including phenoxy) is 1. The molecule has 0 aliphatic heterocycles. The summed E-state index contributed by atoms with van der Waals surface area (Å²) in [6.07, 6.45) is 2.96. The fourth-order valence-corrected chi connectivity index (χ4v) is 1.16. The third kappa shape index (κ3) is 3.62. The Kier molecular flexibility index (Phi) is 4.19. The van der Waals surface area contributed by atoms with Crippen molar-refractivity contribution in [3.8, 4) is 0 Å². The Morgan fingerprint density at radius 1 is 1.71 bits per heavy atom. The van der Waals surface area contributed by atoms with Crippen molar-refractivity contribution >= 4 is 5.84 Å². The van der Waals surface area contributed by atoms with Crippen LogP contribution in [-0.4, -0.2) is 11.9 Å². The van der Waals surface area contributed by atoms with E-state index in [1.165, 1.54) is 0 Å². The lowest BCUT2D eigenvalue weighted by Gasteiger charge is -2.13. The molecule has 1 unspecified atom stereocenters. The highest BCUT2D eigenvalue weighted by Crippen LogP contribution is 2.08. The molecule has 0 amide bonds. The number of rotatable bonds is 6. The zero-order chi connectivity index (χ0) is 10.4. The number of hydrogen-bond donors (Lipinski definition) is 2. The molecular formula is C10H16N2O2. The van der Waals surface area contributed by atoms with Crippen LogP contribution in [0.4, 0.5) is 0 Å². The Bertz CT molecular complexity index is 270. The van der Waals surface area contributed by atoms with Crippen molar-refractivity contribution < 1.29 is 9.15 Å². The lowest BCUT2D eigenvalue weighted by Crippen LogP contribution is -2.21. The molecule has 3 N–H and O–H groups in total. The highest BCUT2D eigenvalue weighted by atomic mass is 16.5. The first-order valence-electron chi connectivity index (χ1n) is 4.69. The molecule has 0 saturated heterocycles. The van der Waals surface area contributed by atoms with Crippen molar-refractivity contribution in [1.29, 1.82) is 5.41 Å². The van der Waals surface area contributed by atoms with E-state index in [2.05, 4.69) is 0 Å². The molecule has 0 saturated carbocycles. The van der Waals surface area contributed by atoms with Crippen LogP contribution in [0, 0.1) is 5.41 Å². The summed E-state index contributed by atoms with van der Waals surface area (Å²) in [6.45, 7) is 2.45. The minimum atomic E-state index is 0.0117. The molecule has 0 aliphatic carbocycles. The molecule has 14 heavy (non-hydrogen) atoms. The van der Waals surface area contributed by atoms with Crippen molar-refractivity contribution in [2.75, 3.05) is 0 Å². The second-order valence-electron chi connectivity index (χ2n) is 3.15. The molecule has 78 valence electrons. The third-order valence-corrected chi connectivity index (χ3v) is 1.94. The summed E-state index contributed by atoms with van der Waals surface area (Å²) in [6, 6.07) is 3.69. The fraction of sp³-hybridized carbons (Fsp3) is 0.500. The van der Waals surface area contributed by atoms with Gasteiger partial charge in [-0.15, -0.1) is 0 Å². The number of nitrogens with two attached hydrogens (primary N) is 1. The third-order valence-electron chi connectivity index (χ3n) is 1.94. The molecule has 0 aliphatic rings. The van der Waals surface area contributed by atoms with Gasteiger partial charge in [-0.25, -0.2) is 0 Å². The van der Waals surface area contributed by atoms with Crippen molar-refractivity contribution in [2.24, 2.45) is 5.73 Å². The molecule has 4 heteroatoms. The Hall–Kier alpha value is -1.29. The minimum absolute atomic E-state index is 0.0117. The van der Waals surface area contributed by atoms with E-state index >= 15 is 0 Å². The van der Waals surface area contributed by atoms with Crippen LogP contribution in [0.3, 0.4) is 0 Å². The van der Waals surface area contributed by atoms with Crippen LogP contribution in [0.15, 0.2) is 22.8 Å². The first-order chi connectivity index (χ1) is 6.72. The molecule has 1 atom stereocenters. The molecular weight excluding hydrogens is 180 g/mol. The summed E-state index contributed by atoms with van der Waals surface area (Å²) >= 11 is 0. The summed E-state index contributed by atoms with van der Waals surface area (Å²) in [7, 11) is 0. The maximum absolute atomic E-state index is 7.16. The maximum Gasteiger partial charge on any atom is 0.129 e. The van der Waals surface area contributed by atoms with Gasteiger partial charge in [-0.2, -0.15) is 0 Å². The first kappa shape index (κ1) is 10.8. The Morgan fingerprint density at radius 3 is 3.00 bits per heavy atom. The summed E-state index contributed by atoms with van der Waals surface area (Å²) in [5.74, 6) is 0.961. The van der Waals surface area contributed by atoms with Gasteiger partial charge in [0.25, 0.3) is 0 Å². The van der Waals surface area contributed by atoms with Crippen molar-refractivity contribution in [3.05, 3.63) is 24.2 Å². The Balaban J connectivity index is 2.30. The maximum atomic E-state index is 7.16. The van der Waals surface area contributed by atoms with Gasteiger partial charge in [0, 0.05) is 6.42 Å². The van der Waals surface area contributed by atoms with Gasteiger partial charge in [0.1, 0.15) is 12.4 Å². The van der Waals surface area contributed by atoms with Gasteiger partial charge in [0.2, 0.25) is 0 Å². The van der Waals surface area contributed by atoms with E-state index in [0.717, 1.165) is 12.2 Å². The van der Waals surface area contributed by atoms with Crippen LogP contribution in [0.1, 0.15) is 25.5 Å². The van der Waals surface area contributed by atoms with E-state index in [4.69, 9.17) is 20.3 Å². The zero-order valence-corrected chi connectivity index (χ0v) is 8.32. The van der Waals surface area contributed by atoms with Gasteiger partial charge >= 0.3 is 0 Å². The average molecular weight is 196 g/mol. The molecule has 1 aromatic heterocycles. The molecule has 1 heterocycles. The van der Waals surface area contributed by atoms with Gasteiger partial charge in [-0.1, -0.05) is 6.92 Å². The second kappa shape index (κ2) is 5.44. The lowest BCUT2D eigenvalue weighted by molar-refractivity contribution is 0.0331. The topological polar surface area (TPSA) is 72.2 Å². The molecule has 0 spiro atoms. The number of furan rings is 1. The molecule has 1 aromatic rings. The highest BCUT2D eigenvalue weighted by molar-refractivity contribution is 5.77. The van der Waals surface area contributed by atoms with Gasteiger partial charge in [0.15, 0.2) is 0 Å². The smallest absolute Gasteiger partial charge is 0.129 e. The quantitative estimate of drug-likeness (QED) is 0.539. The van der Waals surface area contributed by atoms with Gasteiger partial charge in [-0.05, 0) is 18.6 Å². The van der Waals surface area contributed by atoms with Crippen molar-refractivity contribution in [3.63, 3.8) is 0 Å². The largest absolute Gasteiger partial charge is 0.467 e. The predicted molar refractivity (Wildman–Crippen MR) is 54.1 cm³/mol. The van der Waals surface area contributed by atoms with Crippen LogP contribution in [-0.2, 0) is 11.3 Å². The SMILES string of the molecule is CCC(CC(=N)N)OCc1ccco1. The highest BCUT2D eigenvalue weighted by Gasteiger charge is 2.08. The van der Waals surface area contributed by atoms with Crippen molar-refractivity contribution in [2.45, 2.75) is 32.5 Å². The lowest BCUT2D eigenvalue weighted by atomic mass is 10.2. The Labute approximate surface area is 83.6 Å². The van der Waals surface area contributed by atoms with Crippen LogP contribution >= 0.6 is 0 Å². The molecule has 4 nitrogen and oxygen atoms in total. The molecule has 0 aromatic carbocycles. The number of hydrogen-bond acceptors (Lipinski definition) is 3. The normalized spacial score (nSPS) is 12.6. The van der Waals surface area contributed by atoms with Crippen LogP contribution < -0.4 is 5.73 Å². The average Bonchev–Trinajstić information content (AvgIpc) is 2.64. The standard InChI is InChI=1S/C10H16N2O2/c1-2-8(6-10(11)12)14-7-9-4-3-5-13-9/h3-5,8H,2,6-7H2,1H3,(H3,11,12). The van der Waals surface area contributed by atoms with E-state index in [1.54, 1.807) is 6.26 Å². The van der Waals surface area contributed by atoms with E-state index in [-0.39, 0.29) is 11.9 Å². The van der Waals surface area contributed by atoms with E-state index < -0.39 is 0 Å². The van der Waals surface area contributed by atoms with E-state index in [1.807, 2.05) is 19.1 Å². The predicted octanol–water partition coefficient (Wildman–Crippen LogP) is 1.90. The van der Waals surface area contributed by atoms with Crippen LogP contribution in [0.2, 0.25) is 0 Å². The summed E-state index contributed by atoms with van der Waals surface area (Å²) in [4.78, 5) is 0. The summed E-state index contributed by atoms with van der Waals surface area (Å²) < 4.78 is 10.7. The van der Waals surface area contributed by atoms with E-state index in [9.17, 15) is 0 Å². The first-order valence-corrected chi connectivity index (χ1v) is 4.69. The van der Waals surface area contributed by atoms with Gasteiger partial charge in [0.05, 0.1) is 18.2 Å². The molecule has 0 bridgehead atoms. The van der Waals surface area contributed by atoms with Crippen molar-refractivity contribution in [1.82, 2.24) is 0 Å². The molecule has 0 radical (unpaired) electrons. The minimum Gasteiger partial charge on any atom is -0.467 e. The number of amidine groups is 1. The van der Waals surface area contributed by atoms with E-state index in [0.29, 0.717) is 13.0 Å². The summed E-state index contributed by atoms with van der Waals surface area (Å²) in [5.41, 5.74) is 5.30. The molecule has 1 rings (SSSR count). The van der Waals surface area contributed by atoms with Gasteiger partial charge < -0.3 is 14.9 Å².